The molecule has 2 rings (SSSR count). The number of aromatic nitrogens is 3. The van der Waals surface area contributed by atoms with Crippen LogP contribution in [-0.2, 0) is 6.42 Å². The molecule has 1 unspecified atom stereocenters. The van der Waals surface area contributed by atoms with Gasteiger partial charge in [-0.3, -0.25) is 4.79 Å². The summed E-state index contributed by atoms with van der Waals surface area (Å²) in [5, 5.41) is 16.7. The molecule has 0 radical (unpaired) electrons. The zero-order valence-corrected chi connectivity index (χ0v) is 14.9. The van der Waals surface area contributed by atoms with Gasteiger partial charge >= 0.3 is 0 Å². The van der Waals surface area contributed by atoms with Crippen LogP contribution in [0.5, 0.6) is 0 Å². The van der Waals surface area contributed by atoms with E-state index in [9.17, 15) is 14.3 Å². The van der Waals surface area contributed by atoms with E-state index < -0.39 is 17.8 Å². The third-order valence-corrected chi connectivity index (χ3v) is 3.93. The zero-order chi connectivity index (χ0) is 18.4. The first-order valence-electron chi connectivity index (χ1n) is 8.61. The Morgan fingerprint density at radius 1 is 1.36 bits per heavy atom. The average Bonchev–Trinajstić information content (AvgIpc) is 2.99. The molecular weight excluding hydrogens is 323 g/mol. The number of aliphatic hydroxyl groups is 1. The van der Waals surface area contributed by atoms with E-state index in [0.717, 1.165) is 6.42 Å². The largest absolute Gasteiger partial charge is 0.393 e. The van der Waals surface area contributed by atoms with Gasteiger partial charge in [0.2, 0.25) is 5.82 Å². The van der Waals surface area contributed by atoms with E-state index in [2.05, 4.69) is 15.4 Å². The zero-order valence-electron chi connectivity index (χ0n) is 14.9. The molecule has 0 saturated heterocycles. The van der Waals surface area contributed by atoms with Crippen molar-refractivity contribution in [1.82, 2.24) is 20.1 Å². The highest BCUT2D eigenvalue weighted by molar-refractivity contribution is 5.90. The van der Waals surface area contributed by atoms with E-state index in [0.29, 0.717) is 25.2 Å². The van der Waals surface area contributed by atoms with Crippen molar-refractivity contribution in [3.05, 3.63) is 41.7 Å². The van der Waals surface area contributed by atoms with Gasteiger partial charge in [-0.2, -0.15) is 0 Å². The number of nitrogens with one attached hydrogen (secondary N) is 1. The van der Waals surface area contributed by atoms with E-state index in [1.807, 2.05) is 20.8 Å². The Kier molecular flexibility index (Phi) is 6.64. The number of hydrogen-bond donors (Lipinski definition) is 2. The Morgan fingerprint density at radius 3 is 2.72 bits per heavy atom. The highest BCUT2D eigenvalue weighted by Gasteiger charge is 2.19. The minimum atomic E-state index is -0.472. The highest BCUT2D eigenvalue weighted by Crippen LogP contribution is 2.15. The maximum atomic E-state index is 14.1. The Morgan fingerprint density at radius 2 is 2.08 bits per heavy atom. The molecule has 0 saturated carbocycles. The molecular formula is C18H25FN4O2. The first-order chi connectivity index (χ1) is 11.9. The molecule has 1 aromatic heterocycles. The fraction of sp³-hybridized carbons (Fsp3) is 0.500. The van der Waals surface area contributed by atoms with Gasteiger partial charge in [-0.15, -0.1) is 5.10 Å². The summed E-state index contributed by atoms with van der Waals surface area (Å²) in [7, 11) is 0. The predicted molar refractivity (Wildman–Crippen MR) is 93.1 cm³/mol. The molecule has 136 valence electrons. The topological polar surface area (TPSA) is 80.0 Å². The summed E-state index contributed by atoms with van der Waals surface area (Å²) in [4.78, 5) is 16.5. The molecule has 0 fully saturated rings. The Hall–Kier alpha value is -2.28. The summed E-state index contributed by atoms with van der Waals surface area (Å²) in [6.45, 7) is 6.14. The van der Waals surface area contributed by atoms with Gasteiger partial charge in [0.1, 0.15) is 17.3 Å². The summed E-state index contributed by atoms with van der Waals surface area (Å²) < 4.78 is 15.4. The monoisotopic (exact) mass is 348 g/mol. The molecule has 0 aliphatic rings. The van der Waals surface area contributed by atoms with Gasteiger partial charge in [0.15, 0.2) is 0 Å². The Bertz CT molecular complexity index is 715. The third kappa shape index (κ3) is 4.85. The molecule has 0 bridgehead atoms. The van der Waals surface area contributed by atoms with Crippen LogP contribution < -0.4 is 5.32 Å². The van der Waals surface area contributed by atoms with Gasteiger partial charge in [-0.25, -0.2) is 14.1 Å². The molecule has 0 spiro atoms. The van der Waals surface area contributed by atoms with Crippen LogP contribution in [0.15, 0.2) is 24.3 Å². The summed E-state index contributed by atoms with van der Waals surface area (Å²) in [5.41, 5.74) is 0.271. The van der Waals surface area contributed by atoms with E-state index in [1.54, 1.807) is 18.2 Å². The Labute approximate surface area is 147 Å². The van der Waals surface area contributed by atoms with E-state index in [4.69, 9.17) is 0 Å². The smallest absolute Gasteiger partial charge is 0.290 e. The minimum Gasteiger partial charge on any atom is -0.393 e. The number of para-hydroxylation sites is 1. The van der Waals surface area contributed by atoms with Gasteiger partial charge in [0.25, 0.3) is 5.91 Å². The van der Waals surface area contributed by atoms with Crippen molar-refractivity contribution in [2.24, 2.45) is 5.92 Å². The summed E-state index contributed by atoms with van der Waals surface area (Å²) in [6, 6.07) is 6.26. The second-order valence-corrected chi connectivity index (χ2v) is 6.32. The van der Waals surface area contributed by atoms with Crippen molar-refractivity contribution in [1.29, 1.82) is 0 Å². The van der Waals surface area contributed by atoms with Crippen LogP contribution in [-0.4, -0.2) is 38.4 Å². The maximum Gasteiger partial charge on any atom is 0.290 e. The quantitative estimate of drug-likeness (QED) is 0.768. The number of amides is 1. The second kappa shape index (κ2) is 8.71. The number of nitrogens with zero attached hydrogens (tertiary/aromatic N) is 3. The molecule has 1 heterocycles. The fourth-order valence-electron chi connectivity index (χ4n) is 2.39. The standard InChI is InChI=1S/C18H25FN4O2/c1-4-7-16-21-17(18(25)20-11-10-15(24)12(2)3)22-23(16)14-9-6-5-8-13(14)19/h5-6,8-9,12,15,24H,4,7,10-11H2,1-3H3,(H,20,25). The molecule has 2 aromatic rings. The molecule has 0 aliphatic carbocycles. The lowest BCUT2D eigenvalue weighted by atomic mass is 10.0. The third-order valence-electron chi connectivity index (χ3n) is 3.93. The van der Waals surface area contributed by atoms with E-state index in [1.165, 1.54) is 10.7 Å². The van der Waals surface area contributed by atoms with Crippen molar-refractivity contribution in [3.8, 4) is 5.69 Å². The number of rotatable bonds is 8. The molecule has 6 nitrogen and oxygen atoms in total. The van der Waals surface area contributed by atoms with Crippen LogP contribution >= 0.6 is 0 Å². The number of aryl methyl sites for hydroxylation is 1. The molecule has 0 aliphatic heterocycles. The van der Waals surface area contributed by atoms with Gasteiger partial charge in [0, 0.05) is 13.0 Å². The van der Waals surface area contributed by atoms with Gasteiger partial charge in [0.05, 0.1) is 6.10 Å². The number of hydrogen-bond acceptors (Lipinski definition) is 4. The van der Waals surface area contributed by atoms with Crippen molar-refractivity contribution in [2.75, 3.05) is 6.54 Å². The number of aliphatic hydroxyl groups excluding tert-OH is 1. The molecule has 2 N–H and O–H groups in total. The predicted octanol–water partition coefficient (Wildman–Crippen LogP) is 2.50. The van der Waals surface area contributed by atoms with Gasteiger partial charge in [-0.1, -0.05) is 32.9 Å². The van der Waals surface area contributed by atoms with E-state index in [-0.39, 0.29) is 17.4 Å². The van der Waals surface area contributed by atoms with Gasteiger partial charge < -0.3 is 10.4 Å². The molecule has 1 amide bonds. The highest BCUT2D eigenvalue weighted by atomic mass is 19.1. The van der Waals surface area contributed by atoms with Crippen LogP contribution in [0.1, 0.15) is 50.1 Å². The van der Waals surface area contributed by atoms with E-state index >= 15 is 0 Å². The average molecular weight is 348 g/mol. The molecule has 25 heavy (non-hydrogen) atoms. The number of carbonyl (C=O) groups is 1. The van der Waals surface area contributed by atoms with Crippen molar-refractivity contribution >= 4 is 5.91 Å². The number of benzene rings is 1. The fourth-order valence-corrected chi connectivity index (χ4v) is 2.39. The van der Waals surface area contributed by atoms with Crippen molar-refractivity contribution in [2.45, 2.75) is 46.1 Å². The van der Waals surface area contributed by atoms with Crippen molar-refractivity contribution in [3.63, 3.8) is 0 Å². The molecule has 1 atom stereocenters. The number of carbonyl (C=O) groups excluding carboxylic acids is 1. The first-order valence-corrected chi connectivity index (χ1v) is 8.61. The van der Waals surface area contributed by atoms with Crippen LogP contribution in [0.4, 0.5) is 4.39 Å². The lowest BCUT2D eigenvalue weighted by Crippen LogP contribution is -2.29. The first kappa shape index (κ1) is 19.1. The normalized spacial score (nSPS) is 12.4. The lowest BCUT2D eigenvalue weighted by Gasteiger charge is -2.13. The van der Waals surface area contributed by atoms with Crippen LogP contribution in [0.3, 0.4) is 0 Å². The van der Waals surface area contributed by atoms with Crippen LogP contribution in [0, 0.1) is 11.7 Å². The summed E-state index contributed by atoms with van der Waals surface area (Å²) in [5.74, 6) is -0.169. The second-order valence-electron chi connectivity index (χ2n) is 6.32. The van der Waals surface area contributed by atoms with Gasteiger partial charge in [-0.05, 0) is 30.9 Å². The van der Waals surface area contributed by atoms with Crippen LogP contribution in [0.25, 0.3) is 5.69 Å². The summed E-state index contributed by atoms with van der Waals surface area (Å²) in [6.07, 6.45) is 1.37. The minimum absolute atomic E-state index is 0.00531. The summed E-state index contributed by atoms with van der Waals surface area (Å²) >= 11 is 0. The molecule has 7 heteroatoms. The SMILES string of the molecule is CCCc1nc(C(=O)NCCC(O)C(C)C)nn1-c1ccccc1F. The molecule has 1 aromatic carbocycles. The maximum absolute atomic E-state index is 14.1. The van der Waals surface area contributed by atoms with Crippen molar-refractivity contribution < 1.29 is 14.3 Å². The Balaban J connectivity index is 2.15. The number of halogens is 1. The van der Waals surface area contributed by atoms with Crippen LogP contribution in [0.2, 0.25) is 0 Å². The lowest BCUT2D eigenvalue weighted by molar-refractivity contribution is 0.0910.